The van der Waals surface area contributed by atoms with Crippen LogP contribution in [-0.4, -0.2) is 24.0 Å². The summed E-state index contributed by atoms with van der Waals surface area (Å²) < 4.78 is 0. The van der Waals surface area contributed by atoms with E-state index in [4.69, 9.17) is 0 Å². The first kappa shape index (κ1) is 11.5. The van der Waals surface area contributed by atoms with Crippen molar-refractivity contribution < 1.29 is 4.79 Å². The van der Waals surface area contributed by atoms with Crippen LogP contribution >= 0.6 is 11.3 Å². The first-order chi connectivity index (χ1) is 7.77. The second-order valence-electron chi connectivity index (χ2n) is 4.12. The van der Waals surface area contributed by atoms with Gasteiger partial charge in [0.25, 0.3) is 0 Å². The monoisotopic (exact) mass is 239 g/mol. The second-order valence-corrected chi connectivity index (χ2v) is 5.05. The molecule has 2 N–H and O–H groups in total. The van der Waals surface area contributed by atoms with Gasteiger partial charge in [-0.25, -0.2) is 4.98 Å². The van der Waals surface area contributed by atoms with Gasteiger partial charge in [-0.1, -0.05) is 0 Å². The Morgan fingerprint density at radius 2 is 2.38 bits per heavy atom. The number of nitrogens with zero attached hydrogens (tertiary/aromatic N) is 1. The molecule has 1 fully saturated rings. The van der Waals surface area contributed by atoms with Crippen LogP contribution in [0.15, 0.2) is 11.6 Å². The molecule has 88 valence electrons. The van der Waals surface area contributed by atoms with Crippen molar-refractivity contribution in [2.75, 3.05) is 13.1 Å². The van der Waals surface area contributed by atoms with Crippen molar-refractivity contribution in [3.63, 3.8) is 0 Å². The number of rotatable bonds is 3. The fourth-order valence-electron chi connectivity index (χ4n) is 1.93. The summed E-state index contributed by atoms with van der Waals surface area (Å²) in [7, 11) is 0. The molecule has 0 aliphatic carbocycles. The van der Waals surface area contributed by atoms with Crippen molar-refractivity contribution in [3.8, 4) is 0 Å². The van der Waals surface area contributed by atoms with E-state index in [1.165, 1.54) is 0 Å². The Morgan fingerprint density at radius 3 is 3.00 bits per heavy atom. The molecule has 0 bridgehead atoms. The van der Waals surface area contributed by atoms with Crippen LogP contribution in [0.25, 0.3) is 0 Å². The predicted octanol–water partition coefficient (Wildman–Crippen LogP) is 1.32. The fraction of sp³-hybridized carbons (Fsp3) is 0.636. The summed E-state index contributed by atoms with van der Waals surface area (Å²) in [6.07, 6.45) is 3.65. The maximum absolute atomic E-state index is 11.9. The Balaban J connectivity index is 1.86. The minimum atomic E-state index is 0.0300. The van der Waals surface area contributed by atoms with Crippen molar-refractivity contribution in [3.05, 3.63) is 16.6 Å². The number of piperidine rings is 1. The second kappa shape index (κ2) is 5.41. The van der Waals surface area contributed by atoms with Crippen LogP contribution in [0, 0.1) is 5.92 Å². The topological polar surface area (TPSA) is 54.0 Å². The molecule has 0 spiro atoms. The van der Waals surface area contributed by atoms with Crippen molar-refractivity contribution in [2.24, 2.45) is 5.92 Å². The molecule has 1 saturated heterocycles. The molecule has 1 atom stereocenters. The van der Waals surface area contributed by atoms with Gasteiger partial charge < -0.3 is 10.6 Å². The molecule has 4 nitrogen and oxygen atoms in total. The van der Waals surface area contributed by atoms with Crippen LogP contribution in [0.2, 0.25) is 0 Å². The van der Waals surface area contributed by atoms with E-state index in [9.17, 15) is 4.79 Å². The fourth-order valence-corrected chi connectivity index (χ4v) is 2.57. The quantitative estimate of drug-likeness (QED) is 0.836. The van der Waals surface area contributed by atoms with Crippen LogP contribution in [0.3, 0.4) is 0 Å². The number of amides is 1. The summed E-state index contributed by atoms with van der Waals surface area (Å²) in [5.41, 5.74) is 0. The molecule has 1 aromatic heterocycles. The molecule has 1 aliphatic heterocycles. The largest absolute Gasteiger partial charge is 0.347 e. The third-order valence-corrected chi connectivity index (χ3v) is 3.85. The van der Waals surface area contributed by atoms with E-state index in [1.54, 1.807) is 17.5 Å². The molecule has 1 amide bonds. The Hall–Kier alpha value is -0.940. The number of aromatic nitrogens is 1. The Kier molecular flexibility index (Phi) is 3.90. The highest BCUT2D eigenvalue weighted by Crippen LogP contribution is 2.17. The van der Waals surface area contributed by atoms with Gasteiger partial charge in [0.2, 0.25) is 5.91 Å². The lowest BCUT2D eigenvalue weighted by Gasteiger charge is -2.23. The zero-order chi connectivity index (χ0) is 11.4. The van der Waals surface area contributed by atoms with E-state index in [0.29, 0.717) is 0 Å². The average molecular weight is 239 g/mol. The molecule has 0 aromatic carbocycles. The SMILES string of the molecule is CC(NC(=O)C1CCNCC1)c1nccs1. The van der Waals surface area contributed by atoms with Gasteiger partial charge in [0, 0.05) is 17.5 Å². The van der Waals surface area contributed by atoms with Crippen LogP contribution in [-0.2, 0) is 4.79 Å². The van der Waals surface area contributed by atoms with Crippen molar-refractivity contribution in [1.29, 1.82) is 0 Å². The van der Waals surface area contributed by atoms with E-state index in [2.05, 4.69) is 15.6 Å². The molecular weight excluding hydrogens is 222 g/mol. The third kappa shape index (κ3) is 2.80. The standard InChI is InChI=1S/C11H17N3OS/c1-8(11-13-6-7-16-11)14-10(15)9-2-4-12-5-3-9/h6-9,12H,2-5H2,1H3,(H,14,15). The lowest BCUT2D eigenvalue weighted by Crippen LogP contribution is -2.39. The van der Waals surface area contributed by atoms with Gasteiger partial charge in [-0.2, -0.15) is 0 Å². The lowest BCUT2D eigenvalue weighted by atomic mass is 9.97. The Bertz CT molecular complexity index is 333. The molecule has 1 unspecified atom stereocenters. The van der Waals surface area contributed by atoms with Gasteiger partial charge in [-0.15, -0.1) is 11.3 Å². The van der Waals surface area contributed by atoms with Crippen LogP contribution in [0.4, 0.5) is 0 Å². The van der Waals surface area contributed by atoms with Gasteiger partial charge in [-0.05, 0) is 32.9 Å². The van der Waals surface area contributed by atoms with Gasteiger partial charge in [0.1, 0.15) is 5.01 Å². The predicted molar refractivity (Wildman–Crippen MR) is 64.3 cm³/mol. The van der Waals surface area contributed by atoms with Gasteiger partial charge in [0.05, 0.1) is 6.04 Å². The molecule has 16 heavy (non-hydrogen) atoms. The van der Waals surface area contributed by atoms with E-state index >= 15 is 0 Å². The van der Waals surface area contributed by atoms with Crippen molar-refractivity contribution >= 4 is 17.2 Å². The summed E-state index contributed by atoms with van der Waals surface area (Å²) in [5, 5.41) is 9.20. The van der Waals surface area contributed by atoms with Crippen LogP contribution in [0.1, 0.15) is 30.8 Å². The molecule has 0 saturated carbocycles. The van der Waals surface area contributed by atoms with Gasteiger partial charge in [0.15, 0.2) is 0 Å². The summed E-state index contributed by atoms with van der Waals surface area (Å²) >= 11 is 1.58. The first-order valence-corrected chi connectivity index (χ1v) is 6.56. The normalized spacial score (nSPS) is 19.3. The Labute approximate surface area is 99.5 Å². The molecule has 2 rings (SSSR count). The highest BCUT2D eigenvalue weighted by atomic mass is 32.1. The summed E-state index contributed by atoms with van der Waals surface area (Å²) in [6.45, 7) is 3.88. The molecular formula is C11H17N3OS. The number of thiazole rings is 1. The molecule has 1 aliphatic rings. The minimum absolute atomic E-state index is 0.0300. The number of carbonyl (C=O) groups is 1. The summed E-state index contributed by atoms with van der Waals surface area (Å²) in [5.74, 6) is 0.341. The maximum Gasteiger partial charge on any atom is 0.223 e. The molecule has 2 heterocycles. The lowest BCUT2D eigenvalue weighted by molar-refractivity contribution is -0.126. The maximum atomic E-state index is 11.9. The van der Waals surface area contributed by atoms with E-state index in [0.717, 1.165) is 30.9 Å². The Morgan fingerprint density at radius 1 is 1.62 bits per heavy atom. The zero-order valence-electron chi connectivity index (χ0n) is 9.40. The number of carbonyl (C=O) groups excluding carboxylic acids is 1. The van der Waals surface area contributed by atoms with Gasteiger partial charge >= 0.3 is 0 Å². The number of nitrogens with one attached hydrogen (secondary N) is 2. The molecule has 0 radical (unpaired) electrons. The van der Waals surface area contributed by atoms with Gasteiger partial charge in [-0.3, -0.25) is 4.79 Å². The minimum Gasteiger partial charge on any atom is -0.347 e. The molecule has 1 aromatic rings. The molecule has 5 heteroatoms. The number of hydrogen-bond acceptors (Lipinski definition) is 4. The average Bonchev–Trinajstić information content (AvgIpc) is 2.83. The third-order valence-electron chi connectivity index (χ3n) is 2.89. The van der Waals surface area contributed by atoms with E-state index in [1.807, 2.05) is 12.3 Å². The van der Waals surface area contributed by atoms with Crippen LogP contribution in [0.5, 0.6) is 0 Å². The number of hydrogen-bond donors (Lipinski definition) is 2. The van der Waals surface area contributed by atoms with Crippen molar-refractivity contribution in [1.82, 2.24) is 15.6 Å². The zero-order valence-corrected chi connectivity index (χ0v) is 10.2. The van der Waals surface area contributed by atoms with E-state index in [-0.39, 0.29) is 17.9 Å². The highest BCUT2D eigenvalue weighted by molar-refractivity contribution is 7.09. The smallest absolute Gasteiger partial charge is 0.223 e. The van der Waals surface area contributed by atoms with E-state index < -0.39 is 0 Å². The first-order valence-electron chi connectivity index (χ1n) is 5.68. The summed E-state index contributed by atoms with van der Waals surface area (Å²) in [6, 6.07) is 0.0300. The summed E-state index contributed by atoms with van der Waals surface area (Å²) in [4.78, 5) is 16.1. The van der Waals surface area contributed by atoms with Crippen LogP contribution < -0.4 is 10.6 Å². The highest BCUT2D eigenvalue weighted by Gasteiger charge is 2.22. The van der Waals surface area contributed by atoms with Crippen molar-refractivity contribution in [2.45, 2.75) is 25.8 Å².